The molecule has 5 aliphatic carbocycles. The van der Waals surface area contributed by atoms with Gasteiger partial charge in [-0.15, -0.1) is 0 Å². The van der Waals surface area contributed by atoms with Crippen molar-refractivity contribution in [1.82, 2.24) is 0 Å². The van der Waals surface area contributed by atoms with Crippen LogP contribution >= 0.6 is 0 Å². The molecule has 3 aliphatic heterocycles. The Labute approximate surface area is 313 Å². The van der Waals surface area contributed by atoms with Gasteiger partial charge in [-0.25, -0.2) is 0 Å². The summed E-state index contributed by atoms with van der Waals surface area (Å²) in [6.07, 6.45) is -7.05. The molecule has 0 radical (unpaired) electrons. The average Bonchev–Trinajstić information content (AvgIpc) is 3.49. The van der Waals surface area contributed by atoms with Gasteiger partial charge in [0.15, 0.2) is 6.29 Å². The van der Waals surface area contributed by atoms with E-state index < -0.39 is 90.1 Å². The summed E-state index contributed by atoms with van der Waals surface area (Å²) in [5.41, 5.74) is -3.32. The van der Waals surface area contributed by atoms with Gasteiger partial charge in [-0.1, -0.05) is 27.7 Å². The monoisotopic (exact) mass is 754 g/mol. The number of aliphatic hydroxyl groups excluding tert-OH is 8. The Hall–Kier alpha value is -0.520. The Bertz CT molecular complexity index is 1420. The Morgan fingerprint density at radius 3 is 1.98 bits per heavy atom. The maximum atomic E-state index is 12.5. The van der Waals surface area contributed by atoms with Gasteiger partial charge in [-0.3, -0.25) is 0 Å². The molecule has 5 saturated carbocycles. The van der Waals surface area contributed by atoms with E-state index in [2.05, 4.69) is 27.7 Å². The van der Waals surface area contributed by atoms with E-state index in [0.717, 1.165) is 32.1 Å². The predicted octanol–water partition coefficient (Wildman–Crippen LogP) is 0.608. The standard InChI is InChI=1S/C40H66O13/c1-34(2)18(28-29(26(47)23(45)15-50-28)52-33-27(48)25(46)22(44)16-51-33)8-9-40-17-39(40)11-10-36(5)31(38(7)14-21(43)32(53-38)35(3,4)49)20(42)13-37(36,6)24(39)12-19(41)30(34)40/h18-33,41-49H,8-17H2,1-7H3/t18-,19+,20+,21+,22+,23-,24+,25+,26+,27-,28+,29-,30+,31+,32+,33+,36-,37+,38-,39+,40-/m1/s1. The van der Waals surface area contributed by atoms with Gasteiger partial charge < -0.3 is 64.9 Å². The predicted molar refractivity (Wildman–Crippen MR) is 188 cm³/mol. The Morgan fingerprint density at radius 2 is 1.32 bits per heavy atom. The molecule has 3 heterocycles. The minimum atomic E-state index is -1.57. The van der Waals surface area contributed by atoms with E-state index in [0.29, 0.717) is 19.3 Å². The Balaban J connectivity index is 1.07. The van der Waals surface area contributed by atoms with E-state index in [1.165, 1.54) is 0 Å². The van der Waals surface area contributed by atoms with Crippen molar-refractivity contribution in [2.24, 2.45) is 50.7 Å². The lowest BCUT2D eigenvalue weighted by atomic mass is 9.40. The molecular formula is C40H66O13. The van der Waals surface area contributed by atoms with Crippen molar-refractivity contribution in [3.05, 3.63) is 0 Å². The van der Waals surface area contributed by atoms with Crippen molar-refractivity contribution in [3.63, 3.8) is 0 Å². The quantitative estimate of drug-likeness (QED) is 0.188. The average molecular weight is 755 g/mol. The van der Waals surface area contributed by atoms with Crippen molar-refractivity contribution < 1.29 is 64.9 Å². The molecule has 304 valence electrons. The minimum absolute atomic E-state index is 0.00929. The van der Waals surface area contributed by atoms with Crippen LogP contribution in [0.25, 0.3) is 0 Å². The summed E-state index contributed by atoms with van der Waals surface area (Å²) in [6, 6.07) is 0. The first kappa shape index (κ1) is 39.3. The molecule has 3 saturated heterocycles. The van der Waals surface area contributed by atoms with Crippen molar-refractivity contribution in [2.45, 2.75) is 184 Å². The Kier molecular flexibility index (Phi) is 9.09. The van der Waals surface area contributed by atoms with Crippen molar-refractivity contribution >= 4 is 0 Å². The van der Waals surface area contributed by atoms with Crippen LogP contribution in [-0.4, -0.2) is 144 Å². The number of ether oxygens (including phenoxy) is 4. The lowest BCUT2D eigenvalue weighted by molar-refractivity contribution is -0.324. The molecule has 0 aromatic carbocycles. The molecule has 0 aromatic rings. The summed E-state index contributed by atoms with van der Waals surface area (Å²) >= 11 is 0. The molecular weight excluding hydrogens is 688 g/mol. The lowest BCUT2D eigenvalue weighted by Crippen LogP contribution is -2.65. The largest absolute Gasteiger partial charge is 0.393 e. The zero-order chi connectivity index (χ0) is 38.6. The van der Waals surface area contributed by atoms with E-state index in [1.807, 2.05) is 6.92 Å². The molecule has 53 heavy (non-hydrogen) atoms. The van der Waals surface area contributed by atoms with Gasteiger partial charge in [-0.2, -0.15) is 0 Å². The van der Waals surface area contributed by atoms with Gasteiger partial charge in [0.25, 0.3) is 0 Å². The van der Waals surface area contributed by atoms with Crippen LogP contribution in [0.1, 0.15) is 99.8 Å². The third-order valence-corrected chi connectivity index (χ3v) is 17.5. The fourth-order valence-corrected chi connectivity index (χ4v) is 15.3. The van der Waals surface area contributed by atoms with Gasteiger partial charge >= 0.3 is 0 Å². The molecule has 9 N–H and O–H groups in total. The van der Waals surface area contributed by atoms with E-state index in [1.54, 1.807) is 13.8 Å². The van der Waals surface area contributed by atoms with E-state index in [4.69, 9.17) is 18.9 Å². The van der Waals surface area contributed by atoms with E-state index >= 15 is 0 Å². The molecule has 0 amide bonds. The molecule has 0 aromatic heterocycles. The highest BCUT2D eigenvalue weighted by Crippen LogP contribution is 2.89. The number of fused-ring (bicyclic) bond motifs is 2. The SMILES string of the molecule is CC(C)(O)[C@H]1O[C@@](C)([C@H]2[C@@H](O)C[C@@]3(C)[C@@H]4C[C@H](O)[C@H]5C(C)(C)[C@@H]([C@@H]6OC[C@@H](O)[C@H](O)[C@H]6O[C@@H]6OC[C@H](O)[C@H](O)[C@H]6O)CC[C@@]56C[C@@]46CC[C@]23C)C[C@@H]1O. The third kappa shape index (κ3) is 5.21. The molecule has 8 rings (SSSR count). The molecule has 0 bridgehead atoms. The highest BCUT2D eigenvalue weighted by molar-refractivity contribution is 5.33. The summed E-state index contributed by atoms with van der Waals surface area (Å²) in [5, 5.41) is 99.3. The zero-order valence-corrected chi connectivity index (χ0v) is 32.5. The molecule has 21 atom stereocenters. The zero-order valence-electron chi connectivity index (χ0n) is 32.5. The van der Waals surface area contributed by atoms with Gasteiger partial charge in [-0.05, 0) is 111 Å². The summed E-state index contributed by atoms with van der Waals surface area (Å²) in [4.78, 5) is 0. The smallest absolute Gasteiger partial charge is 0.186 e. The number of hydrogen-bond donors (Lipinski definition) is 9. The fraction of sp³-hybridized carbons (Fsp3) is 1.00. The van der Waals surface area contributed by atoms with Crippen molar-refractivity contribution in [3.8, 4) is 0 Å². The first-order valence-electron chi connectivity index (χ1n) is 20.2. The van der Waals surface area contributed by atoms with E-state index in [-0.39, 0.29) is 58.5 Å². The van der Waals surface area contributed by atoms with Gasteiger partial charge in [0.05, 0.1) is 48.8 Å². The Morgan fingerprint density at radius 1 is 0.660 bits per heavy atom. The number of rotatable bonds is 5. The van der Waals surface area contributed by atoms with Crippen LogP contribution in [0, 0.1) is 50.7 Å². The van der Waals surface area contributed by atoms with Gasteiger partial charge in [0.2, 0.25) is 0 Å². The van der Waals surface area contributed by atoms with Crippen LogP contribution in [-0.2, 0) is 18.9 Å². The molecule has 2 spiro atoms. The summed E-state index contributed by atoms with van der Waals surface area (Å²) in [7, 11) is 0. The summed E-state index contributed by atoms with van der Waals surface area (Å²) in [5.74, 6) is -0.366. The van der Waals surface area contributed by atoms with Crippen LogP contribution in [0.3, 0.4) is 0 Å². The normalized spacial score (nSPS) is 60.5. The summed E-state index contributed by atoms with van der Waals surface area (Å²) < 4.78 is 24.6. The lowest BCUT2D eigenvalue weighted by Gasteiger charge is -2.65. The molecule has 8 fully saturated rings. The van der Waals surface area contributed by atoms with Gasteiger partial charge in [0, 0.05) is 12.3 Å². The van der Waals surface area contributed by atoms with Crippen LogP contribution in [0.4, 0.5) is 0 Å². The highest BCUT2D eigenvalue weighted by Gasteiger charge is 2.85. The number of hydrogen-bond acceptors (Lipinski definition) is 13. The van der Waals surface area contributed by atoms with Gasteiger partial charge in [0.1, 0.15) is 42.7 Å². The topological polar surface area (TPSA) is 219 Å². The first-order valence-corrected chi connectivity index (χ1v) is 20.2. The molecule has 0 unspecified atom stereocenters. The second-order valence-electron chi connectivity index (χ2n) is 20.9. The van der Waals surface area contributed by atoms with Crippen LogP contribution in [0.2, 0.25) is 0 Å². The summed E-state index contributed by atoms with van der Waals surface area (Å²) in [6.45, 7) is 13.9. The van der Waals surface area contributed by atoms with Crippen LogP contribution < -0.4 is 0 Å². The fourth-order valence-electron chi connectivity index (χ4n) is 15.3. The molecule has 8 aliphatic rings. The first-order chi connectivity index (χ1) is 24.5. The van der Waals surface area contributed by atoms with Crippen LogP contribution in [0.15, 0.2) is 0 Å². The molecule has 13 heteroatoms. The highest BCUT2D eigenvalue weighted by atomic mass is 16.7. The maximum absolute atomic E-state index is 12.5. The van der Waals surface area contributed by atoms with Crippen LogP contribution in [0.5, 0.6) is 0 Å². The van der Waals surface area contributed by atoms with E-state index in [9.17, 15) is 46.0 Å². The number of aliphatic hydroxyl groups is 9. The third-order valence-electron chi connectivity index (χ3n) is 17.5. The minimum Gasteiger partial charge on any atom is -0.393 e. The second kappa shape index (κ2) is 12.3. The molecule has 13 nitrogen and oxygen atoms in total. The second-order valence-corrected chi connectivity index (χ2v) is 20.9. The maximum Gasteiger partial charge on any atom is 0.186 e. The van der Waals surface area contributed by atoms with Crippen molar-refractivity contribution in [1.29, 1.82) is 0 Å². The van der Waals surface area contributed by atoms with Crippen molar-refractivity contribution in [2.75, 3.05) is 13.2 Å².